The van der Waals surface area contributed by atoms with E-state index in [2.05, 4.69) is 10.3 Å². The predicted molar refractivity (Wildman–Crippen MR) is 98.9 cm³/mol. The molecule has 26 heavy (non-hydrogen) atoms. The first-order valence-corrected chi connectivity index (χ1v) is 8.08. The largest absolute Gasteiger partial charge is 0.493 e. The molecule has 0 unspecified atom stereocenters. The minimum Gasteiger partial charge on any atom is -0.493 e. The van der Waals surface area contributed by atoms with Gasteiger partial charge in [-0.2, -0.15) is 0 Å². The molecule has 0 bridgehead atoms. The number of hydrogen-bond acceptors (Lipinski definition) is 5. The van der Waals surface area contributed by atoms with Gasteiger partial charge in [0.1, 0.15) is 0 Å². The number of methoxy groups -OCH3 is 2. The number of hydrogen-bond donors (Lipinski definition) is 1. The van der Waals surface area contributed by atoms with Gasteiger partial charge >= 0.3 is 0 Å². The molecule has 6 nitrogen and oxygen atoms in total. The quantitative estimate of drug-likeness (QED) is 0.744. The van der Waals surface area contributed by atoms with Crippen LogP contribution >= 0.6 is 0 Å². The van der Waals surface area contributed by atoms with E-state index in [1.54, 1.807) is 32.4 Å². The topological polar surface area (TPSA) is 73.6 Å². The first-order valence-electron chi connectivity index (χ1n) is 8.08. The van der Waals surface area contributed by atoms with Gasteiger partial charge in [-0.3, -0.25) is 4.79 Å². The normalized spacial score (nSPS) is 10.5. The van der Waals surface area contributed by atoms with E-state index in [-0.39, 0.29) is 11.6 Å². The minimum atomic E-state index is -0.336. The minimum absolute atomic E-state index is 0.207. The molecule has 0 saturated heterocycles. The van der Waals surface area contributed by atoms with Gasteiger partial charge < -0.3 is 19.2 Å². The molecule has 0 radical (unpaired) electrons. The lowest BCUT2D eigenvalue weighted by Gasteiger charge is -2.10. The predicted octanol–water partition coefficient (Wildman–Crippen LogP) is 4.23. The van der Waals surface area contributed by atoms with E-state index in [9.17, 15) is 4.79 Å². The summed E-state index contributed by atoms with van der Waals surface area (Å²) in [5.41, 5.74) is 3.66. The Hall–Kier alpha value is -3.28. The maximum absolute atomic E-state index is 12.7. The number of rotatable bonds is 5. The van der Waals surface area contributed by atoms with Crippen LogP contribution in [0.1, 0.15) is 21.6 Å². The Morgan fingerprint density at radius 1 is 1.04 bits per heavy atom. The first-order chi connectivity index (χ1) is 12.5. The molecule has 0 aliphatic heterocycles. The van der Waals surface area contributed by atoms with Gasteiger partial charge in [-0.25, -0.2) is 4.98 Å². The Bertz CT molecular complexity index is 947. The van der Waals surface area contributed by atoms with E-state index in [1.165, 1.54) is 6.39 Å². The number of anilines is 1. The van der Waals surface area contributed by atoms with Crippen molar-refractivity contribution in [1.29, 1.82) is 0 Å². The number of carbonyl (C=O) groups is 1. The number of aromatic nitrogens is 1. The van der Waals surface area contributed by atoms with Gasteiger partial charge in [0.15, 0.2) is 29.3 Å². The number of oxazole rings is 1. The fourth-order valence-electron chi connectivity index (χ4n) is 2.64. The summed E-state index contributed by atoms with van der Waals surface area (Å²) in [7, 11) is 3.12. The second-order valence-electron chi connectivity index (χ2n) is 5.87. The molecular weight excluding hydrogens is 332 g/mol. The lowest BCUT2D eigenvalue weighted by Crippen LogP contribution is -2.14. The second kappa shape index (κ2) is 7.31. The highest BCUT2D eigenvalue weighted by Crippen LogP contribution is 2.33. The molecular formula is C20H20N2O4. The van der Waals surface area contributed by atoms with Crippen LogP contribution in [0.15, 0.2) is 47.2 Å². The molecule has 0 saturated carbocycles. The van der Waals surface area contributed by atoms with Gasteiger partial charge in [0.05, 0.1) is 14.2 Å². The monoisotopic (exact) mass is 352 g/mol. The summed E-state index contributed by atoms with van der Waals surface area (Å²) >= 11 is 0. The van der Waals surface area contributed by atoms with Crippen molar-refractivity contribution in [3.8, 4) is 22.8 Å². The molecule has 0 fully saturated rings. The average molecular weight is 352 g/mol. The average Bonchev–Trinajstić information content (AvgIpc) is 3.14. The molecule has 1 aromatic heterocycles. The number of amides is 1. The Morgan fingerprint density at radius 2 is 1.81 bits per heavy atom. The van der Waals surface area contributed by atoms with Gasteiger partial charge in [0, 0.05) is 11.3 Å². The van der Waals surface area contributed by atoms with Crippen LogP contribution in [0, 0.1) is 13.8 Å². The van der Waals surface area contributed by atoms with Crippen molar-refractivity contribution in [2.24, 2.45) is 0 Å². The summed E-state index contributed by atoms with van der Waals surface area (Å²) in [6.45, 7) is 3.91. The fraction of sp³-hybridized carbons (Fsp3) is 0.200. The zero-order valence-corrected chi connectivity index (χ0v) is 15.1. The van der Waals surface area contributed by atoms with Crippen molar-refractivity contribution >= 4 is 11.6 Å². The van der Waals surface area contributed by atoms with Crippen LogP contribution in [0.2, 0.25) is 0 Å². The maximum atomic E-state index is 12.7. The lowest BCUT2D eigenvalue weighted by molar-refractivity contribution is 0.102. The molecule has 1 N–H and O–H groups in total. The SMILES string of the molecule is COc1ccc(-c2ocnc2C(=O)Nc2cc(C)ccc2C)cc1OC. The molecule has 1 heterocycles. The fourth-order valence-corrected chi connectivity index (χ4v) is 2.64. The van der Waals surface area contributed by atoms with Crippen molar-refractivity contribution in [2.45, 2.75) is 13.8 Å². The molecule has 3 rings (SSSR count). The summed E-state index contributed by atoms with van der Waals surface area (Å²) in [4.78, 5) is 16.8. The zero-order chi connectivity index (χ0) is 18.7. The molecule has 0 atom stereocenters. The van der Waals surface area contributed by atoms with Crippen LogP contribution in [-0.4, -0.2) is 25.1 Å². The van der Waals surface area contributed by atoms with Crippen LogP contribution in [0.5, 0.6) is 11.5 Å². The zero-order valence-electron chi connectivity index (χ0n) is 15.1. The van der Waals surface area contributed by atoms with Crippen LogP contribution in [0.4, 0.5) is 5.69 Å². The van der Waals surface area contributed by atoms with Crippen LogP contribution < -0.4 is 14.8 Å². The van der Waals surface area contributed by atoms with E-state index in [4.69, 9.17) is 13.9 Å². The van der Waals surface area contributed by atoms with Crippen molar-refractivity contribution < 1.29 is 18.7 Å². The van der Waals surface area contributed by atoms with E-state index < -0.39 is 0 Å². The maximum Gasteiger partial charge on any atom is 0.278 e. The number of aryl methyl sites for hydroxylation is 2. The highest BCUT2D eigenvalue weighted by Gasteiger charge is 2.20. The molecule has 3 aromatic rings. The van der Waals surface area contributed by atoms with E-state index in [0.717, 1.165) is 16.8 Å². The highest BCUT2D eigenvalue weighted by atomic mass is 16.5. The highest BCUT2D eigenvalue weighted by molar-refractivity contribution is 6.06. The third-order valence-corrected chi connectivity index (χ3v) is 4.07. The Morgan fingerprint density at radius 3 is 2.54 bits per heavy atom. The van der Waals surface area contributed by atoms with E-state index >= 15 is 0 Å². The summed E-state index contributed by atoms with van der Waals surface area (Å²) in [6, 6.07) is 11.2. The van der Waals surface area contributed by atoms with Crippen molar-refractivity contribution in [3.05, 3.63) is 59.6 Å². The van der Waals surface area contributed by atoms with Crippen LogP contribution in [0.25, 0.3) is 11.3 Å². The van der Waals surface area contributed by atoms with E-state index in [1.807, 2.05) is 32.0 Å². The molecule has 0 aliphatic carbocycles. The number of nitrogens with one attached hydrogen (secondary N) is 1. The summed E-state index contributed by atoms with van der Waals surface area (Å²) in [5.74, 6) is 1.17. The lowest BCUT2D eigenvalue weighted by atomic mass is 10.1. The van der Waals surface area contributed by atoms with Gasteiger partial charge in [-0.1, -0.05) is 12.1 Å². The van der Waals surface area contributed by atoms with Gasteiger partial charge in [0.2, 0.25) is 0 Å². The summed E-state index contributed by atoms with van der Waals surface area (Å²) in [5, 5.41) is 2.90. The van der Waals surface area contributed by atoms with Gasteiger partial charge in [0.25, 0.3) is 5.91 Å². The van der Waals surface area contributed by atoms with Crippen molar-refractivity contribution in [3.63, 3.8) is 0 Å². The number of ether oxygens (including phenoxy) is 2. The molecule has 2 aromatic carbocycles. The third kappa shape index (κ3) is 3.39. The summed E-state index contributed by atoms with van der Waals surface area (Å²) in [6.07, 6.45) is 1.25. The number of nitrogens with zero attached hydrogens (tertiary/aromatic N) is 1. The molecule has 1 amide bonds. The molecule has 6 heteroatoms. The van der Waals surface area contributed by atoms with Crippen LogP contribution in [0.3, 0.4) is 0 Å². The number of carbonyl (C=O) groups excluding carboxylic acids is 1. The van der Waals surface area contributed by atoms with Gasteiger partial charge in [-0.15, -0.1) is 0 Å². The van der Waals surface area contributed by atoms with Crippen LogP contribution in [-0.2, 0) is 0 Å². The third-order valence-electron chi connectivity index (χ3n) is 4.07. The molecule has 0 aliphatic rings. The standard InChI is InChI=1S/C20H20N2O4/c1-12-5-6-13(2)15(9-12)22-20(23)18-19(26-11-21-18)14-7-8-16(24-3)17(10-14)25-4/h5-11H,1-4H3,(H,22,23). The Labute approximate surface area is 151 Å². The second-order valence-corrected chi connectivity index (χ2v) is 5.87. The Kier molecular flexibility index (Phi) is 4.93. The van der Waals surface area contributed by atoms with Gasteiger partial charge in [-0.05, 0) is 49.2 Å². The van der Waals surface area contributed by atoms with Crippen molar-refractivity contribution in [2.75, 3.05) is 19.5 Å². The Balaban J connectivity index is 1.93. The van der Waals surface area contributed by atoms with E-state index in [0.29, 0.717) is 22.8 Å². The smallest absolute Gasteiger partial charge is 0.278 e. The summed E-state index contributed by atoms with van der Waals surface area (Å²) < 4.78 is 16.0. The number of benzene rings is 2. The molecule has 0 spiro atoms. The van der Waals surface area contributed by atoms with Crippen molar-refractivity contribution in [1.82, 2.24) is 4.98 Å². The first kappa shape index (κ1) is 17.5. The molecule has 134 valence electrons.